The lowest BCUT2D eigenvalue weighted by molar-refractivity contribution is -0.113. The number of carbonyl (C=O) groups excluding carboxylic acids is 1. The number of hydrogen-bond donors (Lipinski definition) is 0. The van der Waals surface area contributed by atoms with Crippen molar-refractivity contribution < 1.29 is 13.6 Å². The number of hydrogen-bond acceptors (Lipinski definition) is 2. The topological polar surface area (TPSA) is 17.1 Å². The Morgan fingerprint density at radius 3 is 2.50 bits per heavy atom. The van der Waals surface area contributed by atoms with Crippen molar-refractivity contribution in [3.63, 3.8) is 0 Å². The van der Waals surface area contributed by atoms with Crippen molar-refractivity contribution in [1.82, 2.24) is 0 Å². The number of rotatable bonds is 5. The SMILES string of the molecule is O=CC(F)C(F)CSc1ccccc1. The number of carbonyl (C=O) groups is 1. The second-order valence-corrected chi connectivity index (χ2v) is 3.81. The minimum absolute atomic E-state index is 0.00375. The number of halogens is 2. The molecule has 1 aromatic carbocycles. The average molecular weight is 216 g/mol. The molecule has 0 heterocycles. The van der Waals surface area contributed by atoms with E-state index in [0.29, 0.717) is 0 Å². The fourth-order valence-electron chi connectivity index (χ4n) is 0.870. The Bertz CT molecular complexity index is 279. The van der Waals surface area contributed by atoms with E-state index < -0.39 is 12.3 Å². The Morgan fingerprint density at radius 2 is 1.93 bits per heavy atom. The monoisotopic (exact) mass is 216 g/mol. The molecule has 0 N–H and O–H groups in total. The van der Waals surface area contributed by atoms with Gasteiger partial charge < -0.3 is 0 Å². The highest BCUT2D eigenvalue weighted by Gasteiger charge is 2.19. The van der Waals surface area contributed by atoms with Gasteiger partial charge >= 0.3 is 0 Å². The molecular formula is C10H10F2OS. The summed E-state index contributed by atoms with van der Waals surface area (Å²) in [5.41, 5.74) is 0. The third-order valence-corrected chi connectivity index (χ3v) is 2.72. The van der Waals surface area contributed by atoms with Gasteiger partial charge in [0.15, 0.2) is 12.5 Å². The van der Waals surface area contributed by atoms with Gasteiger partial charge in [-0.15, -0.1) is 11.8 Å². The second-order valence-electron chi connectivity index (χ2n) is 2.72. The molecule has 2 unspecified atom stereocenters. The van der Waals surface area contributed by atoms with Crippen LogP contribution in [0.2, 0.25) is 0 Å². The first-order chi connectivity index (χ1) is 6.74. The molecule has 0 spiro atoms. The highest BCUT2D eigenvalue weighted by atomic mass is 32.2. The van der Waals surface area contributed by atoms with Gasteiger partial charge in [-0.3, -0.25) is 4.79 Å². The quantitative estimate of drug-likeness (QED) is 0.556. The Labute approximate surface area is 85.5 Å². The van der Waals surface area contributed by atoms with Crippen LogP contribution in [0.5, 0.6) is 0 Å². The molecule has 1 rings (SSSR count). The maximum atomic E-state index is 12.9. The summed E-state index contributed by atoms with van der Waals surface area (Å²) in [6, 6.07) is 9.11. The maximum Gasteiger partial charge on any atom is 0.187 e. The molecule has 1 nitrogen and oxygen atoms in total. The molecule has 1 aromatic rings. The normalized spacial score (nSPS) is 14.7. The van der Waals surface area contributed by atoms with Gasteiger partial charge in [0.1, 0.15) is 6.17 Å². The molecule has 76 valence electrons. The minimum atomic E-state index is -2.01. The molecule has 0 aliphatic carbocycles. The van der Waals surface area contributed by atoms with E-state index in [1.165, 1.54) is 11.8 Å². The molecule has 0 fully saturated rings. The summed E-state index contributed by atoms with van der Waals surface area (Å²) in [6.07, 6.45) is -3.74. The standard InChI is InChI=1S/C10H10F2OS/c11-9(6-13)10(12)7-14-8-4-2-1-3-5-8/h1-6,9-10H,7H2. The van der Waals surface area contributed by atoms with Crippen molar-refractivity contribution in [2.24, 2.45) is 0 Å². The van der Waals surface area contributed by atoms with Gasteiger partial charge in [-0.25, -0.2) is 8.78 Å². The molecule has 0 saturated heterocycles. The molecule has 14 heavy (non-hydrogen) atoms. The summed E-state index contributed by atoms with van der Waals surface area (Å²) >= 11 is 1.20. The molecule has 0 saturated carbocycles. The molecule has 4 heteroatoms. The number of benzene rings is 1. The molecule has 2 atom stereocenters. The Morgan fingerprint density at radius 1 is 1.29 bits per heavy atom. The third kappa shape index (κ3) is 3.46. The van der Waals surface area contributed by atoms with E-state index in [0.717, 1.165) is 4.90 Å². The fourth-order valence-corrected chi connectivity index (χ4v) is 1.75. The van der Waals surface area contributed by atoms with E-state index in [-0.39, 0.29) is 12.0 Å². The van der Waals surface area contributed by atoms with Crippen molar-refractivity contribution >= 4 is 18.0 Å². The van der Waals surface area contributed by atoms with Crippen LogP contribution in [0.3, 0.4) is 0 Å². The summed E-state index contributed by atoms with van der Waals surface area (Å²) in [5.74, 6) is -0.0378. The van der Waals surface area contributed by atoms with Crippen LogP contribution in [0.1, 0.15) is 0 Å². The predicted molar refractivity (Wildman–Crippen MR) is 53.0 cm³/mol. The Kier molecular flexibility index (Phi) is 4.59. The molecule has 0 amide bonds. The zero-order valence-corrected chi connectivity index (χ0v) is 8.21. The zero-order chi connectivity index (χ0) is 10.4. The number of aldehydes is 1. The number of alkyl halides is 2. The first-order valence-corrected chi connectivity index (χ1v) is 5.14. The van der Waals surface area contributed by atoms with Crippen LogP contribution >= 0.6 is 11.8 Å². The Hall–Kier alpha value is -0.900. The minimum Gasteiger partial charge on any atom is -0.300 e. The molecule has 0 aromatic heterocycles. The van der Waals surface area contributed by atoms with Gasteiger partial charge in [0.2, 0.25) is 0 Å². The lowest BCUT2D eigenvalue weighted by atomic mass is 10.3. The smallest absolute Gasteiger partial charge is 0.187 e. The third-order valence-electron chi connectivity index (χ3n) is 1.63. The Balaban J connectivity index is 2.37. The fraction of sp³-hybridized carbons (Fsp3) is 0.300. The van der Waals surface area contributed by atoms with Gasteiger partial charge in [0.05, 0.1) is 0 Å². The van der Waals surface area contributed by atoms with Crippen LogP contribution in [-0.4, -0.2) is 24.4 Å². The lowest BCUT2D eigenvalue weighted by Crippen LogP contribution is -2.20. The van der Waals surface area contributed by atoms with Crippen LogP contribution in [0.15, 0.2) is 35.2 Å². The van der Waals surface area contributed by atoms with E-state index in [9.17, 15) is 13.6 Å². The van der Waals surface area contributed by atoms with E-state index in [2.05, 4.69) is 0 Å². The molecular weight excluding hydrogens is 206 g/mol. The zero-order valence-electron chi connectivity index (χ0n) is 7.40. The van der Waals surface area contributed by atoms with Crippen LogP contribution in [0, 0.1) is 0 Å². The van der Waals surface area contributed by atoms with E-state index in [1.807, 2.05) is 30.3 Å². The van der Waals surface area contributed by atoms with Gasteiger partial charge in [0.25, 0.3) is 0 Å². The maximum absolute atomic E-state index is 12.9. The van der Waals surface area contributed by atoms with Crippen molar-refractivity contribution in [3.8, 4) is 0 Å². The van der Waals surface area contributed by atoms with Crippen LogP contribution in [-0.2, 0) is 4.79 Å². The second kappa shape index (κ2) is 5.75. The van der Waals surface area contributed by atoms with Gasteiger partial charge in [-0.2, -0.15) is 0 Å². The van der Waals surface area contributed by atoms with Gasteiger partial charge in [0, 0.05) is 10.6 Å². The highest BCUT2D eigenvalue weighted by Crippen LogP contribution is 2.20. The summed E-state index contributed by atoms with van der Waals surface area (Å²) in [5, 5.41) is 0. The van der Waals surface area contributed by atoms with Crippen molar-refractivity contribution in [1.29, 1.82) is 0 Å². The van der Waals surface area contributed by atoms with Crippen molar-refractivity contribution in [2.75, 3.05) is 5.75 Å². The van der Waals surface area contributed by atoms with Crippen LogP contribution in [0.4, 0.5) is 8.78 Å². The van der Waals surface area contributed by atoms with Crippen molar-refractivity contribution in [2.45, 2.75) is 17.2 Å². The summed E-state index contributed by atoms with van der Waals surface area (Å²) in [4.78, 5) is 10.8. The van der Waals surface area contributed by atoms with Crippen molar-refractivity contribution in [3.05, 3.63) is 30.3 Å². The van der Waals surface area contributed by atoms with Crippen LogP contribution < -0.4 is 0 Å². The molecule has 0 aliphatic rings. The van der Waals surface area contributed by atoms with E-state index >= 15 is 0 Å². The highest BCUT2D eigenvalue weighted by molar-refractivity contribution is 7.99. The van der Waals surface area contributed by atoms with E-state index in [1.54, 1.807) is 0 Å². The average Bonchev–Trinajstić information content (AvgIpc) is 2.26. The van der Waals surface area contributed by atoms with Gasteiger partial charge in [-0.1, -0.05) is 18.2 Å². The summed E-state index contributed by atoms with van der Waals surface area (Å²) in [6.45, 7) is 0. The molecule has 0 aliphatic heterocycles. The van der Waals surface area contributed by atoms with Crippen LogP contribution in [0.25, 0.3) is 0 Å². The van der Waals surface area contributed by atoms with Gasteiger partial charge in [-0.05, 0) is 12.1 Å². The summed E-state index contributed by atoms with van der Waals surface area (Å²) in [7, 11) is 0. The first-order valence-electron chi connectivity index (χ1n) is 4.15. The lowest BCUT2D eigenvalue weighted by Gasteiger charge is -2.07. The largest absolute Gasteiger partial charge is 0.300 e. The van der Waals surface area contributed by atoms with E-state index in [4.69, 9.17) is 0 Å². The number of thioether (sulfide) groups is 1. The first kappa shape index (κ1) is 11.2. The molecule has 0 bridgehead atoms. The summed E-state index contributed by atoms with van der Waals surface area (Å²) < 4.78 is 25.3. The molecule has 0 radical (unpaired) electrons. The predicted octanol–water partition coefficient (Wildman–Crippen LogP) is 2.65.